The third-order valence-electron chi connectivity index (χ3n) is 2.87. The summed E-state index contributed by atoms with van der Waals surface area (Å²) in [6, 6.07) is 15.0. The molecule has 1 N–H and O–H groups in total. The van der Waals surface area contributed by atoms with Gasteiger partial charge in [0.2, 0.25) is 5.91 Å². The minimum atomic E-state index is -0.154. The number of hydrazone groups is 1. The van der Waals surface area contributed by atoms with Gasteiger partial charge in [0.15, 0.2) is 0 Å². The van der Waals surface area contributed by atoms with Crippen molar-refractivity contribution < 1.29 is 4.79 Å². The number of nitrogens with one attached hydrogen (secondary N) is 1. The first-order chi connectivity index (χ1) is 10.2. The van der Waals surface area contributed by atoms with Crippen LogP contribution in [0.25, 0.3) is 0 Å². The molecule has 0 radical (unpaired) electrons. The van der Waals surface area contributed by atoms with E-state index in [1.54, 1.807) is 18.2 Å². The topological polar surface area (TPSA) is 41.5 Å². The molecule has 0 saturated carbocycles. The fourth-order valence-corrected chi connectivity index (χ4v) is 2.26. The fraction of sp³-hybridized carbons (Fsp3) is 0.125. The highest BCUT2D eigenvalue weighted by atomic mass is 35.5. The van der Waals surface area contributed by atoms with E-state index in [1.165, 1.54) is 6.21 Å². The highest BCUT2D eigenvalue weighted by Crippen LogP contribution is 2.21. The van der Waals surface area contributed by atoms with Crippen LogP contribution in [0.2, 0.25) is 10.0 Å². The number of aryl methyl sites for hydroxylation is 1. The van der Waals surface area contributed by atoms with Gasteiger partial charge in [0.05, 0.1) is 16.3 Å². The average molecular weight is 321 g/mol. The molecule has 5 heteroatoms. The van der Waals surface area contributed by atoms with Gasteiger partial charge in [-0.1, -0.05) is 59.6 Å². The molecular weight excluding hydrogens is 307 g/mol. The van der Waals surface area contributed by atoms with Crippen molar-refractivity contribution in [1.82, 2.24) is 5.43 Å². The second-order valence-electron chi connectivity index (χ2n) is 4.41. The molecule has 0 heterocycles. The number of amides is 1. The Bertz CT molecular complexity index is 622. The molecule has 0 aliphatic rings. The van der Waals surface area contributed by atoms with E-state index in [4.69, 9.17) is 23.2 Å². The molecule has 0 unspecified atom stereocenters. The molecule has 0 spiro atoms. The lowest BCUT2D eigenvalue weighted by atomic mass is 10.1. The molecule has 0 atom stereocenters. The van der Waals surface area contributed by atoms with Crippen molar-refractivity contribution in [3.05, 3.63) is 69.7 Å². The van der Waals surface area contributed by atoms with E-state index in [0.717, 1.165) is 5.56 Å². The number of carbonyl (C=O) groups is 1. The Morgan fingerprint density at radius 3 is 2.38 bits per heavy atom. The normalized spacial score (nSPS) is 10.8. The zero-order valence-electron chi connectivity index (χ0n) is 11.2. The molecule has 2 aromatic carbocycles. The molecule has 0 aliphatic heterocycles. The molecule has 108 valence electrons. The molecule has 0 saturated heterocycles. The van der Waals surface area contributed by atoms with E-state index >= 15 is 0 Å². The molecule has 2 aromatic rings. The largest absolute Gasteiger partial charge is 0.273 e. The van der Waals surface area contributed by atoms with Crippen LogP contribution in [0, 0.1) is 0 Å². The molecule has 2 rings (SSSR count). The second kappa shape index (κ2) is 7.81. The van der Waals surface area contributed by atoms with Crippen LogP contribution in [0.1, 0.15) is 17.5 Å². The van der Waals surface area contributed by atoms with Crippen LogP contribution in [0.5, 0.6) is 0 Å². The lowest BCUT2D eigenvalue weighted by Gasteiger charge is -2.02. The SMILES string of the molecule is O=C(CCc1ccccc1)NN=Cc1c(Cl)cccc1Cl. The number of carbonyl (C=O) groups excluding carboxylic acids is 1. The Balaban J connectivity index is 1.85. The minimum Gasteiger partial charge on any atom is -0.273 e. The summed E-state index contributed by atoms with van der Waals surface area (Å²) in [6.07, 6.45) is 2.50. The van der Waals surface area contributed by atoms with E-state index < -0.39 is 0 Å². The Morgan fingerprint density at radius 2 is 1.71 bits per heavy atom. The number of hydrogen-bond donors (Lipinski definition) is 1. The van der Waals surface area contributed by atoms with Crippen molar-refractivity contribution in [2.45, 2.75) is 12.8 Å². The Kier molecular flexibility index (Phi) is 5.78. The van der Waals surface area contributed by atoms with Crippen molar-refractivity contribution in [3.63, 3.8) is 0 Å². The van der Waals surface area contributed by atoms with Crippen LogP contribution in [0.4, 0.5) is 0 Å². The lowest BCUT2D eigenvalue weighted by Crippen LogP contribution is -2.17. The van der Waals surface area contributed by atoms with Crippen molar-refractivity contribution in [1.29, 1.82) is 0 Å². The van der Waals surface area contributed by atoms with Crippen LogP contribution in [0.15, 0.2) is 53.6 Å². The van der Waals surface area contributed by atoms with Gasteiger partial charge in [-0.2, -0.15) is 5.10 Å². The standard InChI is InChI=1S/C16H14Cl2N2O/c17-14-7-4-8-15(18)13(14)11-19-20-16(21)10-9-12-5-2-1-3-6-12/h1-8,11H,9-10H2,(H,20,21). The van der Waals surface area contributed by atoms with Gasteiger partial charge in [-0.25, -0.2) is 5.43 Å². The van der Waals surface area contributed by atoms with Crippen molar-refractivity contribution >= 4 is 35.3 Å². The van der Waals surface area contributed by atoms with Gasteiger partial charge in [-0.05, 0) is 24.1 Å². The van der Waals surface area contributed by atoms with Gasteiger partial charge in [-0.3, -0.25) is 4.79 Å². The van der Waals surface area contributed by atoms with Gasteiger partial charge >= 0.3 is 0 Å². The van der Waals surface area contributed by atoms with Gasteiger partial charge in [0, 0.05) is 12.0 Å². The summed E-state index contributed by atoms with van der Waals surface area (Å²) in [5, 5.41) is 4.86. The van der Waals surface area contributed by atoms with Gasteiger partial charge in [0.25, 0.3) is 0 Å². The quantitative estimate of drug-likeness (QED) is 0.654. The van der Waals surface area contributed by atoms with Crippen molar-refractivity contribution in [2.75, 3.05) is 0 Å². The van der Waals surface area contributed by atoms with E-state index in [2.05, 4.69) is 10.5 Å². The van der Waals surface area contributed by atoms with Crippen LogP contribution < -0.4 is 5.43 Å². The first-order valence-corrected chi connectivity index (χ1v) is 7.22. The van der Waals surface area contributed by atoms with E-state index in [1.807, 2.05) is 30.3 Å². The highest BCUT2D eigenvalue weighted by Gasteiger charge is 2.03. The zero-order chi connectivity index (χ0) is 15.1. The maximum Gasteiger partial charge on any atom is 0.240 e. The number of nitrogens with zero attached hydrogens (tertiary/aromatic N) is 1. The number of benzene rings is 2. The van der Waals surface area contributed by atoms with Crippen LogP contribution >= 0.6 is 23.2 Å². The predicted molar refractivity (Wildman–Crippen MR) is 87.0 cm³/mol. The van der Waals surface area contributed by atoms with Gasteiger partial charge < -0.3 is 0 Å². The van der Waals surface area contributed by atoms with Crippen molar-refractivity contribution in [3.8, 4) is 0 Å². The summed E-state index contributed by atoms with van der Waals surface area (Å²) in [4.78, 5) is 11.7. The maximum absolute atomic E-state index is 11.7. The highest BCUT2D eigenvalue weighted by molar-refractivity contribution is 6.38. The first kappa shape index (κ1) is 15.5. The lowest BCUT2D eigenvalue weighted by molar-refractivity contribution is -0.121. The Morgan fingerprint density at radius 1 is 1.05 bits per heavy atom. The smallest absolute Gasteiger partial charge is 0.240 e. The van der Waals surface area contributed by atoms with E-state index in [9.17, 15) is 4.79 Å². The molecular formula is C16H14Cl2N2O. The number of hydrogen-bond acceptors (Lipinski definition) is 2. The summed E-state index contributed by atoms with van der Waals surface area (Å²) < 4.78 is 0. The summed E-state index contributed by atoms with van der Waals surface area (Å²) >= 11 is 12.0. The molecule has 3 nitrogen and oxygen atoms in total. The first-order valence-electron chi connectivity index (χ1n) is 6.46. The average Bonchev–Trinajstić information content (AvgIpc) is 2.49. The summed E-state index contributed by atoms with van der Waals surface area (Å²) in [7, 11) is 0. The van der Waals surface area contributed by atoms with Gasteiger partial charge in [-0.15, -0.1) is 0 Å². The summed E-state index contributed by atoms with van der Waals surface area (Å²) in [6.45, 7) is 0. The molecule has 0 bridgehead atoms. The van der Waals surface area contributed by atoms with Crippen LogP contribution in [-0.4, -0.2) is 12.1 Å². The summed E-state index contributed by atoms with van der Waals surface area (Å²) in [5.74, 6) is -0.154. The second-order valence-corrected chi connectivity index (χ2v) is 5.23. The predicted octanol–water partition coefficient (Wildman–Crippen LogP) is 4.08. The zero-order valence-corrected chi connectivity index (χ0v) is 12.7. The molecule has 0 aliphatic carbocycles. The van der Waals surface area contributed by atoms with Crippen LogP contribution in [0.3, 0.4) is 0 Å². The van der Waals surface area contributed by atoms with E-state index in [0.29, 0.717) is 28.5 Å². The van der Waals surface area contributed by atoms with Crippen molar-refractivity contribution in [2.24, 2.45) is 5.10 Å². The number of halogens is 2. The third kappa shape index (κ3) is 4.88. The van der Waals surface area contributed by atoms with Gasteiger partial charge in [0.1, 0.15) is 0 Å². The monoisotopic (exact) mass is 320 g/mol. The van der Waals surface area contributed by atoms with E-state index in [-0.39, 0.29) is 5.91 Å². The molecule has 1 amide bonds. The Labute approximate surface area is 133 Å². The minimum absolute atomic E-state index is 0.154. The maximum atomic E-state index is 11.7. The Hall–Kier alpha value is -1.84. The fourth-order valence-electron chi connectivity index (χ4n) is 1.76. The molecule has 0 fully saturated rings. The number of rotatable bonds is 5. The molecule has 0 aromatic heterocycles. The summed E-state index contributed by atoms with van der Waals surface area (Å²) in [5.41, 5.74) is 4.17. The molecule has 21 heavy (non-hydrogen) atoms. The van der Waals surface area contributed by atoms with Crippen LogP contribution in [-0.2, 0) is 11.2 Å². The third-order valence-corrected chi connectivity index (χ3v) is 3.53.